The van der Waals surface area contributed by atoms with Crippen LogP contribution < -0.4 is 10.1 Å². The molecule has 3 heteroatoms. The molecule has 106 valence electrons. The molecule has 0 saturated carbocycles. The minimum atomic E-state index is 0.560. The summed E-state index contributed by atoms with van der Waals surface area (Å²) in [6.07, 6.45) is 0. The first-order valence-corrected chi connectivity index (χ1v) is 7.14. The lowest BCUT2D eigenvalue weighted by atomic mass is 10.0. The number of benzene rings is 2. The molecule has 0 radical (unpaired) electrons. The van der Waals surface area contributed by atoms with Crippen LogP contribution in [0.4, 0.5) is 5.69 Å². The van der Waals surface area contributed by atoms with E-state index < -0.39 is 0 Å². The van der Waals surface area contributed by atoms with E-state index in [1.54, 1.807) is 7.11 Å². The average molecular weight is 290 g/mol. The molecule has 0 atom stereocenters. The molecule has 2 nitrogen and oxygen atoms in total. The van der Waals surface area contributed by atoms with E-state index in [4.69, 9.17) is 16.3 Å². The molecule has 0 saturated heterocycles. The van der Waals surface area contributed by atoms with Crippen molar-refractivity contribution in [3.63, 3.8) is 0 Å². The maximum Gasteiger partial charge on any atom is 0.121 e. The van der Waals surface area contributed by atoms with Crippen molar-refractivity contribution in [2.24, 2.45) is 0 Å². The summed E-state index contributed by atoms with van der Waals surface area (Å²) >= 11 is 6.17. The lowest BCUT2D eigenvalue weighted by Crippen LogP contribution is -2.00. The Labute approximate surface area is 125 Å². The van der Waals surface area contributed by atoms with E-state index in [9.17, 15) is 0 Å². The van der Waals surface area contributed by atoms with Gasteiger partial charge in [-0.3, -0.25) is 0 Å². The number of rotatable bonds is 5. The molecule has 0 aliphatic rings. The van der Waals surface area contributed by atoms with Gasteiger partial charge in [-0.1, -0.05) is 49.7 Å². The molecule has 0 bridgehead atoms. The first kappa shape index (κ1) is 14.7. The van der Waals surface area contributed by atoms with Crippen LogP contribution in [0.2, 0.25) is 5.02 Å². The molecular formula is C17H20ClNO. The third kappa shape index (κ3) is 3.67. The van der Waals surface area contributed by atoms with Crippen LogP contribution in [0.1, 0.15) is 30.9 Å². The highest BCUT2D eigenvalue weighted by Crippen LogP contribution is 2.27. The number of halogens is 1. The van der Waals surface area contributed by atoms with E-state index in [1.807, 2.05) is 18.2 Å². The molecule has 0 amide bonds. The fourth-order valence-corrected chi connectivity index (χ4v) is 2.17. The monoisotopic (exact) mass is 289 g/mol. The number of methoxy groups -OCH3 is 1. The Hall–Kier alpha value is -1.67. The SMILES string of the molecule is COc1ccc(Cl)c(NCc2ccc(C(C)C)cc2)c1. The molecule has 0 aliphatic heterocycles. The molecule has 2 rings (SSSR count). The molecule has 0 fully saturated rings. The minimum Gasteiger partial charge on any atom is -0.497 e. The van der Waals surface area contributed by atoms with Crippen LogP contribution in [0.15, 0.2) is 42.5 Å². The second kappa shape index (κ2) is 6.67. The summed E-state index contributed by atoms with van der Waals surface area (Å²) in [5.74, 6) is 1.36. The fraction of sp³-hybridized carbons (Fsp3) is 0.294. The van der Waals surface area contributed by atoms with Crippen molar-refractivity contribution in [2.45, 2.75) is 26.3 Å². The minimum absolute atomic E-state index is 0.560. The van der Waals surface area contributed by atoms with Crippen molar-refractivity contribution in [1.82, 2.24) is 0 Å². The first-order chi connectivity index (χ1) is 9.60. The maximum absolute atomic E-state index is 6.17. The molecular weight excluding hydrogens is 270 g/mol. The van der Waals surface area contributed by atoms with Crippen molar-refractivity contribution < 1.29 is 4.74 Å². The highest BCUT2D eigenvalue weighted by Gasteiger charge is 2.03. The smallest absolute Gasteiger partial charge is 0.121 e. The second-order valence-corrected chi connectivity index (χ2v) is 5.50. The molecule has 2 aromatic rings. The number of ether oxygens (including phenoxy) is 1. The van der Waals surface area contributed by atoms with Gasteiger partial charge in [0.2, 0.25) is 0 Å². The summed E-state index contributed by atoms with van der Waals surface area (Å²) in [7, 11) is 1.65. The van der Waals surface area contributed by atoms with E-state index in [0.29, 0.717) is 10.9 Å². The Bertz CT molecular complexity index is 564. The Kier molecular flexibility index (Phi) is 4.91. The summed E-state index contributed by atoms with van der Waals surface area (Å²) < 4.78 is 5.21. The summed E-state index contributed by atoms with van der Waals surface area (Å²) in [4.78, 5) is 0. The zero-order chi connectivity index (χ0) is 14.5. The topological polar surface area (TPSA) is 21.3 Å². The quantitative estimate of drug-likeness (QED) is 0.828. The molecule has 0 heterocycles. The van der Waals surface area contributed by atoms with E-state index in [2.05, 4.69) is 43.4 Å². The molecule has 2 aromatic carbocycles. The zero-order valence-electron chi connectivity index (χ0n) is 12.1. The van der Waals surface area contributed by atoms with Crippen LogP contribution in [0, 0.1) is 0 Å². The predicted molar refractivity (Wildman–Crippen MR) is 85.9 cm³/mol. The number of hydrogen-bond acceptors (Lipinski definition) is 2. The Balaban J connectivity index is 2.04. The van der Waals surface area contributed by atoms with E-state index in [1.165, 1.54) is 11.1 Å². The molecule has 20 heavy (non-hydrogen) atoms. The van der Waals surface area contributed by atoms with Crippen LogP contribution in [0.3, 0.4) is 0 Å². The molecule has 0 unspecified atom stereocenters. The van der Waals surface area contributed by atoms with Crippen molar-refractivity contribution in [3.8, 4) is 5.75 Å². The normalized spacial score (nSPS) is 10.7. The van der Waals surface area contributed by atoms with Gasteiger partial charge < -0.3 is 10.1 Å². The summed E-state index contributed by atoms with van der Waals surface area (Å²) in [5.41, 5.74) is 3.47. The van der Waals surface area contributed by atoms with Crippen LogP contribution in [0.5, 0.6) is 5.75 Å². The Morgan fingerprint density at radius 2 is 1.80 bits per heavy atom. The largest absolute Gasteiger partial charge is 0.497 e. The zero-order valence-corrected chi connectivity index (χ0v) is 12.9. The maximum atomic E-state index is 6.17. The number of anilines is 1. The molecule has 1 N–H and O–H groups in total. The lowest BCUT2D eigenvalue weighted by Gasteiger charge is -2.11. The molecule has 0 spiro atoms. The lowest BCUT2D eigenvalue weighted by molar-refractivity contribution is 0.415. The van der Waals surface area contributed by atoms with Gasteiger partial charge >= 0.3 is 0 Å². The Morgan fingerprint density at radius 1 is 1.10 bits per heavy atom. The molecule has 0 aromatic heterocycles. The number of nitrogens with one attached hydrogen (secondary N) is 1. The van der Waals surface area contributed by atoms with Crippen molar-refractivity contribution in [2.75, 3.05) is 12.4 Å². The third-order valence-electron chi connectivity index (χ3n) is 3.30. The summed E-state index contributed by atoms with van der Waals surface area (Å²) in [6.45, 7) is 5.14. The van der Waals surface area contributed by atoms with Crippen LogP contribution in [-0.2, 0) is 6.54 Å². The van der Waals surface area contributed by atoms with Gasteiger partial charge in [-0.05, 0) is 29.2 Å². The van der Waals surface area contributed by atoms with Crippen molar-refractivity contribution in [1.29, 1.82) is 0 Å². The second-order valence-electron chi connectivity index (χ2n) is 5.10. The van der Waals surface area contributed by atoms with Gasteiger partial charge in [-0.15, -0.1) is 0 Å². The number of hydrogen-bond donors (Lipinski definition) is 1. The molecule has 0 aliphatic carbocycles. The summed E-state index contributed by atoms with van der Waals surface area (Å²) in [5, 5.41) is 4.04. The van der Waals surface area contributed by atoms with Gasteiger partial charge in [0.05, 0.1) is 17.8 Å². The first-order valence-electron chi connectivity index (χ1n) is 6.76. The van der Waals surface area contributed by atoms with E-state index >= 15 is 0 Å². The standard InChI is InChI=1S/C17H20ClNO/c1-12(2)14-6-4-13(5-7-14)11-19-17-10-15(20-3)8-9-16(17)18/h4-10,12,19H,11H2,1-3H3. The predicted octanol–water partition coefficient (Wildman–Crippen LogP) is 5.08. The van der Waals surface area contributed by atoms with E-state index in [0.717, 1.165) is 18.0 Å². The average Bonchev–Trinajstić information content (AvgIpc) is 2.47. The van der Waals surface area contributed by atoms with Crippen LogP contribution in [0.25, 0.3) is 0 Å². The summed E-state index contributed by atoms with van der Waals surface area (Å²) in [6, 6.07) is 14.2. The van der Waals surface area contributed by atoms with Crippen molar-refractivity contribution >= 4 is 17.3 Å². The van der Waals surface area contributed by atoms with Gasteiger partial charge in [0.15, 0.2) is 0 Å². The van der Waals surface area contributed by atoms with Crippen LogP contribution >= 0.6 is 11.6 Å². The highest BCUT2D eigenvalue weighted by molar-refractivity contribution is 6.33. The highest BCUT2D eigenvalue weighted by atomic mass is 35.5. The van der Waals surface area contributed by atoms with Crippen LogP contribution in [-0.4, -0.2) is 7.11 Å². The fourth-order valence-electron chi connectivity index (χ4n) is 1.98. The Morgan fingerprint density at radius 3 is 2.40 bits per heavy atom. The van der Waals surface area contributed by atoms with Gasteiger partial charge in [0.25, 0.3) is 0 Å². The van der Waals surface area contributed by atoms with Gasteiger partial charge in [-0.25, -0.2) is 0 Å². The van der Waals surface area contributed by atoms with Gasteiger partial charge in [-0.2, -0.15) is 0 Å². The third-order valence-corrected chi connectivity index (χ3v) is 3.63. The van der Waals surface area contributed by atoms with E-state index in [-0.39, 0.29) is 0 Å². The van der Waals surface area contributed by atoms with Crippen molar-refractivity contribution in [3.05, 3.63) is 58.6 Å². The van der Waals surface area contributed by atoms with Gasteiger partial charge in [0, 0.05) is 12.6 Å². The van der Waals surface area contributed by atoms with Gasteiger partial charge in [0.1, 0.15) is 5.75 Å².